The third-order valence-corrected chi connectivity index (χ3v) is 2.86. The molecule has 19 heavy (non-hydrogen) atoms. The fourth-order valence-electron chi connectivity index (χ4n) is 1.99. The van der Waals surface area contributed by atoms with Crippen molar-refractivity contribution in [2.45, 2.75) is 25.2 Å². The molecule has 0 bridgehead atoms. The lowest BCUT2D eigenvalue weighted by atomic mass is 10.0. The van der Waals surface area contributed by atoms with Gasteiger partial charge < -0.3 is 15.4 Å². The first kappa shape index (κ1) is 13.7. The standard InChI is InChI=1S/C12H13F3N2O2/c13-12(14,15)19-9-5-3-8(4-6-9)17-7-1-2-10(16)11(17)18/h3-6,10H,1-2,7,16H2. The number of halogens is 3. The number of amides is 1. The van der Waals surface area contributed by atoms with Gasteiger partial charge >= 0.3 is 6.36 Å². The lowest BCUT2D eigenvalue weighted by Crippen LogP contribution is -2.48. The highest BCUT2D eigenvalue weighted by atomic mass is 19.4. The first-order valence-corrected chi connectivity index (χ1v) is 5.79. The molecule has 2 rings (SSSR count). The number of nitrogens with zero attached hydrogens (tertiary/aromatic N) is 1. The predicted octanol–water partition coefficient (Wildman–Crippen LogP) is 2.04. The van der Waals surface area contributed by atoms with Crippen molar-refractivity contribution in [1.29, 1.82) is 0 Å². The summed E-state index contributed by atoms with van der Waals surface area (Å²) in [6, 6.07) is 4.64. The van der Waals surface area contributed by atoms with Gasteiger partial charge in [0.2, 0.25) is 5.91 Å². The Bertz CT molecular complexity index is 459. The molecule has 1 aromatic carbocycles. The molecule has 0 aromatic heterocycles. The second-order valence-corrected chi connectivity index (χ2v) is 4.28. The third kappa shape index (κ3) is 3.37. The number of nitrogens with two attached hydrogens (primary N) is 1. The minimum Gasteiger partial charge on any atom is -0.406 e. The Morgan fingerprint density at radius 1 is 1.26 bits per heavy atom. The molecule has 0 spiro atoms. The van der Waals surface area contributed by atoms with Crippen molar-refractivity contribution in [3.8, 4) is 5.75 Å². The molecular formula is C12H13F3N2O2. The van der Waals surface area contributed by atoms with Gasteiger partial charge in [-0.3, -0.25) is 4.79 Å². The zero-order chi connectivity index (χ0) is 14.0. The summed E-state index contributed by atoms with van der Waals surface area (Å²) in [7, 11) is 0. The Balaban J connectivity index is 2.12. The Kier molecular flexibility index (Phi) is 3.66. The molecule has 1 fully saturated rings. The van der Waals surface area contributed by atoms with E-state index >= 15 is 0 Å². The van der Waals surface area contributed by atoms with E-state index in [2.05, 4.69) is 4.74 Å². The smallest absolute Gasteiger partial charge is 0.406 e. The maximum atomic E-state index is 12.0. The average Bonchev–Trinajstić information content (AvgIpc) is 2.32. The van der Waals surface area contributed by atoms with Crippen LogP contribution in [0, 0.1) is 0 Å². The van der Waals surface area contributed by atoms with Crippen LogP contribution >= 0.6 is 0 Å². The van der Waals surface area contributed by atoms with Gasteiger partial charge in [-0.05, 0) is 37.1 Å². The quantitative estimate of drug-likeness (QED) is 0.897. The number of rotatable bonds is 2. The van der Waals surface area contributed by atoms with Crippen LogP contribution in [-0.2, 0) is 4.79 Å². The van der Waals surface area contributed by atoms with Crippen LogP contribution in [0.5, 0.6) is 5.75 Å². The van der Waals surface area contributed by atoms with E-state index < -0.39 is 12.4 Å². The largest absolute Gasteiger partial charge is 0.573 e. The van der Waals surface area contributed by atoms with Crippen molar-refractivity contribution in [1.82, 2.24) is 0 Å². The van der Waals surface area contributed by atoms with E-state index in [0.717, 1.165) is 6.42 Å². The highest BCUT2D eigenvalue weighted by Gasteiger charge is 2.31. The van der Waals surface area contributed by atoms with Crippen LogP contribution in [0.3, 0.4) is 0 Å². The van der Waals surface area contributed by atoms with Crippen LogP contribution < -0.4 is 15.4 Å². The van der Waals surface area contributed by atoms with Crippen LogP contribution in [0.4, 0.5) is 18.9 Å². The number of anilines is 1. The molecule has 0 radical (unpaired) electrons. The number of benzene rings is 1. The maximum Gasteiger partial charge on any atom is 0.573 e. The molecule has 7 heteroatoms. The summed E-state index contributed by atoms with van der Waals surface area (Å²) in [6.45, 7) is 0.520. The number of carbonyl (C=O) groups excluding carboxylic acids is 1. The fourth-order valence-corrected chi connectivity index (χ4v) is 1.99. The van der Waals surface area contributed by atoms with Crippen LogP contribution in [0.25, 0.3) is 0 Å². The predicted molar refractivity (Wildman–Crippen MR) is 62.7 cm³/mol. The summed E-state index contributed by atoms with van der Waals surface area (Å²) in [5, 5.41) is 0. The number of piperidine rings is 1. The zero-order valence-electron chi connectivity index (χ0n) is 9.98. The number of hydrogen-bond acceptors (Lipinski definition) is 3. The van der Waals surface area contributed by atoms with E-state index in [-0.39, 0.29) is 11.7 Å². The number of carbonyl (C=O) groups is 1. The molecule has 1 aromatic rings. The number of ether oxygens (including phenoxy) is 1. The fraction of sp³-hybridized carbons (Fsp3) is 0.417. The molecule has 0 aliphatic carbocycles. The lowest BCUT2D eigenvalue weighted by Gasteiger charge is -2.30. The van der Waals surface area contributed by atoms with E-state index in [0.29, 0.717) is 18.7 Å². The number of hydrogen-bond donors (Lipinski definition) is 1. The molecule has 1 saturated heterocycles. The second-order valence-electron chi connectivity index (χ2n) is 4.28. The van der Waals surface area contributed by atoms with Gasteiger partial charge in [-0.25, -0.2) is 0 Å². The lowest BCUT2D eigenvalue weighted by molar-refractivity contribution is -0.274. The summed E-state index contributed by atoms with van der Waals surface area (Å²) in [5.41, 5.74) is 6.18. The Hall–Kier alpha value is -1.76. The second kappa shape index (κ2) is 5.08. The highest BCUT2D eigenvalue weighted by Crippen LogP contribution is 2.26. The summed E-state index contributed by atoms with van der Waals surface area (Å²) in [4.78, 5) is 13.3. The van der Waals surface area contributed by atoms with Crippen molar-refractivity contribution in [3.63, 3.8) is 0 Å². The van der Waals surface area contributed by atoms with Crippen LogP contribution in [-0.4, -0.2) is 24.9 Å². The summed E-state index contributed by atoms with van der Waals surface area (Å²) in [6.07, 6.45) is -3.32. The van der Waals surface area contributed by atoms with Crippen LogP contribution in [0.2, 0.25) is 0 Å². The summed E-state index contributed by atoms with van der Waals surface area (Å²) < 4.78 is 39.8. The van der Waals surface area contributed by atoms with Crippen molar-refractivity contribution in [2.75, 3.05) is 11.4 Å². The van der Waals surface area contributed by atoms with Crippen molar-refractivity contribution in [2.24, 2.45) is 5.73 Å². The minimum absolute atomic E-state index is 0.212. The van der Waals surface area contributed by atoms with Gasteiger partial charge in [-0.15, -0.1) is 13.2 Å². The van der Waals surface area contributed by atoms with Gasteiger partial charge in [0.15, 0.2) is 0 Å². The summed E-state index contributed by atoms with van der Waals surface area (Å²) >= 11 is 0. The van der Waals surface area contributed by atoms with Gasteiger partial charge in [0.25, 0.3) is 0 Å². The first-order valence-electron chi connectivity index (χ1n) is 5.79. The molecule has 1 atom stereocenters. The third-order valence-electron chi connectivity index (χ3n) is 2.86. The Morgan fingerprint density at radius 3 is 2.47 bits per heavy atom. The monoisotopic (exact) mass is 274 g/mol. The first-order chi connectivity index (χ1) is 8.87. The molecule has 104 valence electrons. The van der Waals surface area contributed by atoms with E-state index in [1.54, 1.807) is 0 Å². The van der Waals surface area contributed by atoms with E-state index in [1.165, 1.54) is 29.2 Å². The molecule has 2 N–H and O–H groups in total. The highest BCUT2D eigenvalue weighted by molar-refractivity contribution is 5.97. The Morgan fingerprint density at radius 2 is 1.89 bits per heavy atom. The van der Waals surface area contributed by atoms with E-state index in [1.807, 2.05) is 0 Å². The van der Waals surface area contributed by atoms with Crippen LogP contribution in [0.15, 0.2) is 24.3 Å². The van der Waals surface area contributed by atoms with Gasteiger partial charge in [0.05, 0.1) is 6.04 Å². The van der Waals surface area contributed by atoms with Gasteiger partial charge in [0.1, 0.15) is 5.75 Å². The van der Waals surface area contributed by atoms with E-state index in [9.17, 15) is 18.0 Å². The van der Waals surface area contributed by atoms with Crippen LogP contribution in [0.1, 0.15) is 12.8 Å². The molecule has 1 amide bonds. The maximum absolute atomic E-state index is 12.0. The van der Waals surface area contributed by atoms with Crippen molar-refractivity contribution < 1.29 is 22.7 Å². The molecule has 1 aliphatic heterocycles. The van der Waals surface area contributed by atoms with Crippen molar-refractivity contribution in [3.05, 3.63) is 24.3 Å². The van der Waals surface area contributed by atoms with Gasteiger partial charge in [-0.1, -0.05) is 0 Å². The SMILES string of the molecule is NC1CCCN(c2ccc(OC(F)(F)F)cc2)C1=O. The van der Waals surface area contributed by atoms with Gasteiger partial charge in [-0.2, -0.15) is 0 Å². The zero-order valence-corrected chi connectivity index (χ0v) is 9.98. The molecule has 1 unspecified atom stereocenters. The number of alkyl halides is 3. The van der Waals surface area contributed by atoms with Crippen molar-refractivity contribution >= 4 is 11.6 Å². The van der Waals surface area contributed by atoms with Gasteiger partial charge in [0, 0.05) is 12.2 Å². The minimum atomic E-state index is -4.72. The summed E-state index contributed by atoms with van der Waals surface area (Å²) in [5.74, 6) is -0.527. The Labute approximate surface area is 107 Å². The molecule has 4 nitrogen and oxygen atoms in total. The topological polar surface area (TPSA) is 55.6 Å². The molecule has 1 heterocycles. The normalized spacial score (nSPS) is 20.5. The molecule has 0 saturated carbocycles. The molecular weight excluding hydrogens is 261 g/mol. The van der Waals surface area contributed by atoms with E-state index in [4.69, 9.17) is 5.73 Å². The average molecular weight is 274 g/mol. The molecule has 1 aliphatic rings.